The number of furan rings is 1. The Bertz CT molecular complexity index is 4330. The summed E-state index contributed by atoms with van der Waals surface area (Å²) in [6, 6.07) is -26.5. The third kappa shape index (κ3) is 3.97. The Kier molecular flexibility index (Phi) is 2.31. The second-order valence-corrected chi connectivity index (χ2v) is 10.3. The summed E-state index contributed by atoms with van der Waals surface area (Å²) in [5.74, 6) is 0. The molecule has 0 fully saturated rings. The van der Waals surface area contributed by atoms with Crippen molar-refractivity contribution in [2.24, 2.45) is 0 Å². The Labute approximate surface area is 311 Å². The van der Waals surface area contributed by atoms with Crippen LogP contribution in [0.5, 0.6) is 0 Å². The van der Waals surface area contributed by atoms with Crippen LogP contribution in [0.3, 0.4) is 0 Å². The van der Waals surface area contributed by atoms with Crippen LogP contribution in [0.25, 0.3) is 98.4 Å². The third-order valence-corrected chi connectivity index (χ3v) is 7.76. The van der Waals surface area contributed by atoms with Crippen LogP contribution in [0, 0.1) is 0 Å². The molecule has 0 bridgehead atoms. The molecule has 9 aromatic carbocycles. The largest absolute Gasteiger partial charge is 0.456 e. The van der Waals surface area contributed by atoms with Gasteiger partial charge in [0.2, 0.25) is 0 Å². The van der Waals surface area contributed by atoms with Gasteiger partial charge in [0.05, 0.1) is 38.4 Å². The number of hydrogen-bond donors (Lipinski definition) is 0. The van der Waals surface area contributed by atoms with E-state index in [9.17, 15) is 13.7 Å². The van der Waals surface area contributed by atoms with Crippen molar-refractivity contribution in [3.8, 4) is 33.4 Å². The average Bonchev–Trinajstić information content (AvgIpc) is 3.79. The first-order chi connectivity index (χ1) is 35.0. The van der Waals surface area contributed by atoms with E-state index in [-0.39, 0.29) is 0 Å². The minimum Gasteiger partial charge on any atom is -0.456 e. The maximum Gasteiger partial charge on any atom is 0.136 e. The molecule has 0 aliphatic carbocycles. The van der Waals surface area contributed by atoms with Gasteiger partial charge in [-0.2, -0.15) is 0 Å². The predicted octanol–water partition coefficient (Wildman–Crippen LogP) is 13.2. The van der Waals surface area contributed by atoms with E-state index in [1.165, 1.54) is 0 Å². The second-order valence-electron chi connectivity index (χ2n) is 10.3. The van der Waals surface area contributed by atoms with Gasteiger partial charge in [-0.05, 0) is 107 Å². The van der Waals surface area contributed by atoms with Gasteiger partial charge < -0.3 is 4.42 Å². The fourth-order valence-electron chi connectivity index (χ4n) is 5.85. The van der Waals surface area contributed by atoms with Gasteiger partial charge in [-0.15, -0.1) is 0 Å². The zero-order chi connectivity index (χ0) is 55.3. The maximum atomic E-state index is 9.99. The zero-order valence-corrected chi connectivity index (χ0v) is 23.4. The van der Waals surface area contributed by atoms with E-state index in [1.807, 2.05) is 0 Å². The third-order valence-electron chi connectivity index (χ3n) is 7.76. The standard InChI is InChI=1S/C46H28O/c1-2-13-29(14-3-1)33-25-32-17-6-7-18-34(32)40(27-33)45-37-21-10-8-19-35(37)44(36-20-9-11-22-38(36)45)39-23-12-24-42-46(39)41-26-30-15-4-5-16-31(30)28-43(41)47-42/h1-28H/i1D,2D,3D,4D,5D,6D,7D,8D,9D,10D,11D,12D,13D,14D,15D,16D,17D,18D,19D,20D,21D,22D,23D,24D,25D,26D,27D,28D. The van der Waals surface area contributed by atoms with Gasteiger partial charge in [0, 0.05) is 10.8 Å². The first-order valence-electron chi connectivity index (χ1n) is 27.9. The number of fused-ring (bicyclic) bond motifs is 7. The van der Waals surface area contributed by atoms with Crippen molar-refractivity contribution in [3.63, 3.8) is 0 Å². The zero-order valence-electron chi connectivity index (χ0n) is 51.4. The van der Waals surface area contributed by atoms with Crippen LogP contribution in [0.15, 0.2) is 174 Å². The van der Waals surface area contributed by atoms with Crippen molar-refractivity contribution in [1.82, 2.24) is 0 Å². The highest BCUT2D eigenvalue weighted by Gasteiger charge is 2.21. The summed E-state index contributed by atoms with van der Waals surface area (Å²) in [4.78, 5) is 0. The van der Waals surface area contributed by atoms with E-state index in [2.05, 4.69) is 0 Å². The van der Waals surface area contributed by atoms with Gasteiger partial charge in [-0.3, -0.25) is 0 Å². The van der Waals surface area contributed by atoms with Crippen LogP contribution >= 0.6 is 0 Å². The normalized spacial score (nSPS) is 20.2. The highest BCUT2D eigenvalue weighted by Crippen LogP contribution is 2.48. The summed E-state index contributed by atoms with van der Waals surface area (Å²) in [6.07, 6.45) is 0. The van der Waals surface area contributed by atoms with Crippen molar-refractivity contribution < 1.29 is 42.8 Å². The summed E-state index contributed by atoms with van der Waals surface area (Å²) < 4.78 is 260. The summed E-state index contributed by atoms with van der Waals surface area (Å²) in [7, 11) is 0. The smallest absolute Gasteiger partial charge is 0.136 e. The molecule has 1 heterocycles. The molecule has 10 aromatic rings. The molecule has 0 aliphatic rings. The molecule has 0 saturated heterocycles. The van der Waals surface area contributed by atoms with Crippen LogP contribution in [-0.2, 0) is 0 Å². The predicted molar refractivity (Wildman–Crippen MR) is 200 cm³/mol. The maximum absolute atomic E-state index is 9.99. The van der Waals surface area contributed by atoms with E-state index in [0.717, 1.165) is 0 Å². The Morgan fingerprint density at radius 3 is 1.57 bits per heavy atom. The van der Waals surface area contributed by atoms with Gasteiger partial charge in [0.1, 0.15) is 11.2 Å². The Morgan fingerprint density at radius 1 is 0.340 bits per heavy atom. The summed E-state index contributed by atoms with van der Waals surface area (Å²) in [5.41, 5.74) is -6.06. The molecule has 218 valence electrons. The fraction of sp³-hybridized carbons (Fsp3) is 0. The molecule has 0 spiro atoms. The molecular formula is C46H28O. The Balaban J connectivity index is 1.60. The highest BCUT2D eigenvalue weighted by atomic mass is 16.3. The van der Waals surface area contributed by atoms with Gasteiger partial charge in [-0.25, -0.2) is 0 Å². The van der Waals surface area contributed by atoms with E-state index in [0.29, 0.717) is 0 Å². The summed E-state index contributed by atoms with van der Waals surface area (Å²) in [6.45, 7) is 0. The molecular weight excluding hydrogens is 569 g/mol. The van der Waals surface area contributed by atoms with Crippen LogP contribution < -0.4 is 0 Å². The topological polar surface area (TPSA) is 13.1 Å². The SMILES string of the molecule is [2H]c1c([2H])c([2H])c(-c2c([2H])c(-c3c4c([2H])c([2H])c([2H])c([2H])c4c(-c4c([2H])c([2H])c([2H])c5oc6c([2H])c7c([2H])c([2H])c([2H])c([2H])c7c([2H])c6c45)c4c([2H])c([2H])c([2H])c([2H])c34)c3c([2H])c([2H])c([2H])c([2H])c3c2[2H])c([2H])c1[2H]. The average molecular weight is 625 g/mol. The molecule has 0 radical (unpaired) electrons. The molecule has 0 aliphatic heterocycles. The lowest BCUT2D eigenvalue weighted by atomic mass is 9.83. The molecule has 47 heavy (non-hydrogen) atoms. The lowest BCUT2D eigenvalue weighted by Crippen LogP contribution is -1.93. The van der Waals surface area contributed by atoms with Crippen LogP contribution in [0.2, 0.25) is 0 Å². The minimum absolute atomic E-state index is 0.496. The highest BCUT2D eigenvalue weighted by molar-refractivity contribution is 6.27. The quantitative estimate of drug-likeness (QED) is 0.178. The van der Waals surface area contributed by atoms with Gasteiger partial charge in [0.25, 0.3) is 0 Å². The number of hydrogen-bond acceptors (Lipinski definition) is 1. The fourth-order valence-corrected chi connectivity index (χ4v) is 5.85. The molecule has 1 heteroatoms. The molecule has 0 unspecified atom stereocenters. The van der Waals surface area contributed by atoms with Gasteiger partial charge in [-0.1, -0.05) is 139 Å². The van der Waals surface area contributed by atoms with Crippen LogP contribution in [-0.4, -0.2) is 0 Å². The Morgan fingerprint density at radius 2 is 0.894 bits per heavy atom. The van der Waals surface area contributed by atoms with Gasteiger partial charge >= 0.3 is 0 Å². The van der Waals surface area contributed by atoms with E-state index >= 15 is 0 Å². The number of benzene rings is 9. The molecule has 10 rings (SSSR count). The first kappa shape index (κ1) is 10.7. The summed E-state index contributed by atoms with van der Waals surface area (Å²) in [5, 5.41) is -6.77. The second kappa shape index (κ2) is 10.2. The number of rotatable bonds is 3. The van der Waals surface area contributed by atoms with Crippen LogP contribution in [0.4, 0.5) is 0 Å². The van der Waals surface area contributed by atoms with E-state index in [4.69, 9.17) is 29.1 Å². The Hall–Kier alpha value is -6.18. The lowest BCUT2D eigenvalue weighted by Gasteiger charge is -2.20. The van der Waals surface area contributed by atoms with E-state index in [1.54, 1.807) is 0 Å². The van der Waals surface area contributed by atoms with Crippen LogP contribution in [0.1, 0.15) is 38.4 Å². The van der Waals surface area contributed by atoms with Crippen molar-refractivity contribution in [1.29, 1.82) is 0 Å². The van der Waals surface area contributed by atoms with E-state index < -0.39 is 268 Å². The first-order valence-corrected chi connectivity index (χ1v) is 13.9. The molecule has 1 nitrogen and oxygen atoms in total. The molecule has 0 N–H and O–H groups in total. The van der Waals surface area contributed by atoms with Crippen molar-refractivity contribution in [3.05, 3.63) is 169 Å². The molecule has 0 saturated carbocycles. The lowest BCUT2D eigenvalue weighted by molar-refractivity contribution is 0.669. The molecule has 0 amide bonds. The summed E-state index contributed by atoms with van der Waals surface area (Å²) >= 11 is 0. The van der Waals surface area contributed by atoms with Crippen molar-refractivity contribution >= 4 is 65.0 Å². The van der Waals surface area contributed by atoms with Gasteiger partial charge in [0.15, 0.2) is 0 Å². The molecule has 1 aromatic heterocycles. The minimum atomic E-state index is -1.08. The van der Waals surface area contributed by atoms with Crippen molar-refractivity contribution in [2.45, 2.75) is 0 Å². The van der Waals surface area contributed by atoms with Crippen molar-refractivity contribution in [2.75, 3.05) is 0 Å². The monoisotopic (exact) mass is 624 g/mol. The molecule has 0 atom stereocenters.